The lowest BCUT2D eigenvalue weighted by Gasteiger charge is -2.11. The normalized spacial score (nSPS) is 13.0. The fraction of sp³-hybridized carbons (Fsp3) is 0.300. The Kier molecular flexibility index (Phi) is 3.60. The quantitative estimate of drug-likeness (QED) is 0.763. The van der Waals surface area contributed by atoms with E-state index in [0.29, 0.717) is 0 Å². The minimum absolute atomic E-state index is 0.179. The van der Waals surface area contributed by atoms with Gasteiger partial charge in [-0.05, 0) is 58.4 Å². The van der Waals surface area contributed by atoms with Crippen molar-refractivity contribution in [3.8, 4) is 0 Å². The van der Waals surface area contributed by atoms with E-state index in [1.54, 1.807) is 11.3 Å². The summed E-state index contributed by atoms with van der Waals surface area (Å²) < 4.78 is 4.03. The highest BCUT2D eigenvalue weighted by Gasteiger charge is 2.17. The van der Waals surface area contributed by atoms with Crippen LogP contribution in [-0.4, -0.2) is 9.78 Å². The number of aromatic nitrogens is 2. The molecule has 0 aliphatic rings. The number of aryl methyl sites for hydroxylation is 1. The maximum absolute atomic E-state index is 6.03. The predicted molar refractivity (Wildman–Crippen MR) is 79.9 cm³/mol. The van der Waals surface area contributed by atoms with Crippen molar-refractivity contribution in [2.75, 3.05) is 5.73 Å². The van der Waals surface area contributed by atoms with Crippen molar-refractivity contribution in [1.29, 1.82) is 0 Å². The Hall–Kier alpha value is -0.0800. The predicted octanol–water partition coefficient (Wildman–Crippen LogP) is 3.81. The summed E-state index contributed by atoms with van der Waals surface area (Å²) in [6.07, 6.45) is 0. The summed E-state index contributed by atoms with van der Waals surface area (Å²) >= 11 is 7.40. The van der Waals surface area contributed by atoms with Gasteiger partial charge in [0.25, 0.3) is 0 Å². The SMILES string of the molecule is Cc1nn(C(C)c2cc(Br)cs2)c(N)c1I. The number of anilines is 1. The van der Waals surface area contributed by atoms with Crippen LogP contribution >= 0.6 is 49.9 Å². The lowest BCUT2D eigenvalue weighted by molar-refractivity contribution is 0.577. The molecule has 0 fully saturated rings. The molecule has 0 radical (unpaired) electrons. The van der Waals surface area contributed by atoms with Crippen LogP contribution in [0.4, 0.5) is 5.82 Å². The molecule has 1 unspecified atom stereocenters. The van der Waals surface area contributed by atoms with E-state index in [1.165, 1.54) is 4.88 Å². The van der Waals surface area contributed by atoms with E-state index in [0.717, 1.165) is 19.6 Å². The van der Waals surface area contributed by atoms with Gasteiger partial charge in [0.2, 0.25) is 0 Å². The first kappa shape index (κ1) is 12.4. The van der Waals surface area contributed by atoms with Gasteiger partial charge < -0.3 is 5.73 Å². The first-order valence-corrected chi connectivity index (χ1v) is 7.50. The summed E-state index contributed by atoms with van der Waals surface area (Å²) in [5, 5.41) is 6.54. The van der Waals surface area contributed by atoms with Gasteiger partial charge in [0.05, 0.1) is 15.3 Å². The molecule has 86 valence electrons. The number of nitrogens with zero attached hydrogens (tertiary/aromatic N) is 2. The van der Waals surface area contributed by atoms with Crippen LogP contribution < -0.4 is 5.73 Å². The standard InChI is InChI=1S/C10H11BrIN3S/c1-5-9(12)10(13)15(14-5)6(2)8-3-7(11)4-16-8/h3-4,6H,13H2,1-2H3. The Balaban J connectivity index is 2.41. The lowest BCUT2D eigenvalue weighted by atomic mass is 10.3. The second kappa shape index (κ2) is 4.66. The van der Waals surface area contributed by atoms with Gasteiger partial charge in [0, 0.05) is 14.7 Å². The number of halogens is 2. The van der Waals surface area contributed by atoms with Crippen molar-refractivity contribution < 1.29 is 0 Å². The van der Waals surface area contributed by atoms with E-state index in [4.69, 9.17) is 5.73 Å². The molecule has 16 heavy (non-hydrogen) atoms. The number of nitrogens with two attached hydrogens (primary N) is 1. The first-order valence-electron chi connectivity index (χ1n) is 4.74. The third kappa shape index (κ3) is 2.14. The highest BCUT2D eigenvalue weighted by Crippen LogP contribution is 2.31. The number of nitrogen functional groups attached to an aromatic ring is 1. The van der Waals surface area contributed by atoms with Gasteiger partial charge >= 0.3 is 0 Å². The molecular weight excluding hydrogens is 401 g/mol. The zero-order chi connectivity index (χ0) is 11.9. The zero-order valence-electron chi connectivity index (χ0n) is 8.87. The zero-order valence-corrected chi connectivity index (χ0v) is 13.4. The summed E-state index contributed by atoms with van der Waals surface area (Å²) in [5.74, 6) is 0.745. The molecule has 0 bridgehead atoms. The monoisotopic (exact) mass is 411 g/mol. The van der Waals surface area contributed by atoms with Crippen molar-refractivity contribution >= 4 is 55.7 Å². The molecule has 0 aliphatic carbocycles. The van der Waals surface area contributed by atoms with Crippen molar-refractivity contribution in [2.45, 2.75) is 19.9 Å². The second-order valence-corrected chi connectivity index (χ2v) is 6.51. The van der Waals surface area contributed by atoms with E-state index in [2.05, 4.69) is 62.0 Å². The largest absolute Gasteiger partial charge is 0.383 e. The van der Waals surface area contributed by atoms with Crippen LogP contribution in [0.1, 0.15) is 23.5 Å². The van der Waals surface area contributed by atoms with E-state index in [9.17, 15) is 0 Å². The molecule has 2 aromatic rings. The Morgan fingerprint density at radius 1 is 1.62 bits per heavy atom. The third-order valence-electron chi connectivity index (χ3n) is 2.41. The van der Waals surface area contributed by atoms with Crippen LogP contribution in [0.15, 0.2) is 15.9 Å². The number of hydrogen-bond acceptors (Lipinski definition) is 3. The molecule has 1 atom stereocenters. The van der Waals surface area contributed by atoms with Gasteiger partial charge in [-0.25, -0.2) is 4.68 Å². The van der Waals surface area contributed by atoms with Crippen molar-refractivity contribution in [3.05, 3.63) is 30.1 Å². The minimum Gasteiger partial charge on any atom is -0.383 e. The van der Waals surface area contributed by atoms with Crippen molar-refractivity contribution in [2.24, 2.45) is 0 Å². The molecule has 2 rings (SSSR count). The van der Waals surface area contributed by atoms with Crippen LogP contribution in [-0.2, 0) is 0 Å². The highest BCUT2D eigenvalue weighted by molar-refractivity contribution is 14.1. The van der Waals surface area contributed by atoms with Crippen LogP contribution in [0.25, 0.3) is 0 Å². The average Bonchev–Trinajstić information content (AvgIpc) is 2.78. The number of rotatable bonds is 2. The molecule has 0 spiro atoms. The summed E-state index contributed by atoms with van der Waals surface area (Å²) in [5.41, 5.74) is 7.02. The van der Waals surface area contributed by atoms with Gasteiger partial charge in [-0.15, -0.1) is 11.3 Å². The van der Waals surface area contributed by atoms with Gasteiger partial charge in [-0.1, -0.05) is 0 Å². The van der Waals surface area contributed by atoms with Crippen molar-refractivity contribution in [3.63, 3.8) is 0 Å². The van der Waals surface area contributed by atoms with E-state index < -0.39 is 0 Å². The van der Waals surface area contributed by atoms with Gasteiger partial charge in [-0.2, -0.15) is 5.10 Å². The van der Waals surface area contributed by atoms with E-state index in [1.807, 2.05) is 11.6 Å². The lowest BCUT2D eigenvalue weighted by Crippen LogP contribution is -2.10. The summed E-state index contributed by atoms with van der Waals surface area (Å²) in [6, 6.07) is 2.29. The smallest absolute Gasteiger partial charge is 0.136 e. The molecule has 0 aromatic carbocycles. The molecule has 0 saturated carbocycles. The maximum Gasteiger partial charge on any atom is 0.136 e. The Labute approximate surface area is 120 Å². The summed E-state index contributed by atoms with van der Waals surface area (Å²) in [6.45, 7) is 4.09. The Bertz CT molecular complexity index is 520. The molecule has 2 heterocycles. The van der Waals surface area contributed by atoms with E-state index in [-0.39, 0.29) is 6.04 Å². The molecule has 3 nitrogen and oxygen atoms in total. The summed E-state index contributed by atoms with van der Waals surface area (Å²) in [4.78, 5) is 1.25. The third-order valence-corrected chi connectivity index (χ3v) is 5.61. The fourth-order valence-corrected chi connectivity index (χ4v) is 3.35. The Morgan fingerprint density at radius 3 is 2.75 bits per heavy atom. The highest BCUT2D eigenvalue weighted by atomic mass is 127. The van der Waals surface area contributed by atoms with Crippen LogP contribution in [0.2, 0.25) is 0 Å². The maximum atomic E-state index is 6.03. The molecule has 0 aliphatic heterocycles. The van der Waals surface area contributed by atoms with Gasteiger partial charge in [-0.3, -0.25) is 0 Å². The molecule has 2 aromatic heterocycles. The molecule has 6 heteroatoms. The van der Waals surface area contributed by atoms with Crippen molar-refractivity contribution in [1.82, 2.24) is 9.78 Å². The minimum atomic E-state index is 0.179. The average molecular weight is 412 g/mol. The van der Waals surface area contributed by atoms with Gasteiger partial charge in [0.15, 0.2) is 0 Å². The first-order chi connectivity index (χ1) is 7.50. The Morgan fingerprint density at radius 2 is 2.31 bits per heavy atom. The number of thiophene rings is 1. The second-order valence-electron chi connectivity index (χ2n) is 3.57. The molecule has 2 N–H and O–H groups in total. The van der Waals surface area contributed by atoms with E-state index >= 15 is 0 Å². The molecular formula is C10H11BrIN3S. The number of hydrogen-bond donors (Lipinski definition) is 1. The van der Waals surface area contributed by atoms with Gasteiger partial charge in [0.1, 0.15) is 5.82 Å². The molecule has 0 saturated heterocycles. The molecule has 0 amide bonds. The van der Waals surface area contributed by atoms with Crippen LogP contribution in [0.3, 0.4) is 0 Å². The summed E-state index contributed by atoms with van der Waals surface area (Å²) in [7, 11) is 0. The topological polar surface area (TPSA) is 43.8 Å². The van der Waals surface area contributed by atoms with Crippen LogP contribution in [0.5, 0.6) is 0 Å². The fourth-order valence-electron chi connectivity index (χ4n) is 1.51. The van der Waals surface area contributed by atoms with Crippen LogP contribution in [0, 0.1) is 10.5 Å².